The van der Waals surface area contributed by atoms with E-state index in [4.69, 9.17) is 11.5 Å². The summed E-state index contributed by atoms with van der Waals surface area (Å²) in [5, 5.41) is 2.84. The summed E-state index contributed by atoms with van der Waals surface area (Å²) in [5.41, 5.74) is 14.3. The van der Waals surface area contributed by atoms with Gasteiger partial charge in [0.2, 0.25) is 0 Å². The molecule has 1 aliphatic rings. The van der Waals surface area contributed by atoms with Crippen molar-refractivity contribution in [1.29, 1.82) is 0 Å². The Balaban J connectivity index is 1.67. The molecule has 2 aromatic carbocycles. The van der Waals surface area contributed by atoms with Crippen molar-refractivity contribution in [1.82, 2.24) is 10.2 Å². The molecule has 0 atom stereocenters. The number of nitrogens with zero attached hydrogens (tertiary/aromatic N) is 2. The Hall–Kier alpha value is -3.61. The number of hydrogen-bond donors (Lipinski definition) is 3. The topological polar surface area (TPSA) is 114 Å². The fraction of sp³-hybridized carbons (Fsp3) is 0.261. The number of carbonyl (C=O) groups is 2. The number of hydrogen-bond acceptors (Lipinski definition) is 3. The van der Waals surface area contributed by atoms with E-state index in [1.165, 1.54) is 4.90 Å². The van der Waals surface area contributed by atoms with Gasteiger partial charge in [0.1, 0.15) is 0 Å². The predicted molar refractivity (Wildman–Crippen MR) is 117 cm³/mol. The Labute approximate surface area is 176 Å². The second-order valence-electron chi connectivity index (χ2n) is 7.11. The van der Waals surface area contributed by atoms with Gasteiger partial charge >= 0.3 is 6.03 Å². The standard InChI is InChI=1S/C23H27N5O2/c24-22(25)26-15-7-12-19-20(14-13-17-8-3-1-4-9-17)28(21(19)29)23(30)27-16-18-10-5-2-6-11-18/h1-6,8-11H,7,12-16H2,(H,27,30)(H4,24,25,26). The second kappa shape index (κ2) is 10.2. The van der Waals surface area contributed by atoms with Crippen LogP contribution < -0.4 is 16.8 Å². The molecule has 0 aliphatic carbocycles. The van der Waals surface area contributed by atoms with E-state index in [1.807, 2.05) is 60.7 Å². The number of aliphatic imine (C=N–C) groups is 1. The zero-order valence-corrected chi connectivity index (χ0v) is 16.9. The Morgan fingerprint density at radius 3 is 2.17 bits per heavy atom. The largest absolute Gasteiger partial charge is 0.370 e. The molecule has 7 nitrogen and oxygen atoms in total. The van der Waals surface area contributed by atoms with Crippen LogP contribution in [0.5, 0.6) is 0 Å². The third-order valence-corrected chi connectivity index (χ3v) is 4.94. The minimum Gasteiger partial charge on any atom is -0.370 e. The molecule has 30 heavy (non-hydrogen) atoms. The quantitative estimate of drug-likeness (QED) is 0.338. The average molecular weight is 406 g/mol. The number of benzene rings is 2. The first-order valence-electron chi connectivity index (χ1n) is 10.0. The van der Waals surface area contributed by atoms with Gasteiger partial charge in [-0.25, -0.2) is 9.69 Å². The van der Waals surface area contributed by atoms with E-state index >= 15 is 0 Å². The predicted octanol–water partition coefficient (Wildman–Crippen LogP) is 2.68. The van der Waals surface area contributed by atoms with Gasteiger partial charge in [0.25, 0.3) is 5.91 Å². The fourth-order valence-electron chi connectivity index (χ4n) is 3.42. The maximum Gasteiger partial charge on any atom is 0.329 e. The third kappa shape index (κ3) is 5.47. The zero-order valence-electron chi connectivity index (χ0n) is 16.9. The molecule has 0 aromatic heterocycles. The number of imide groups is 1. The molecule has 0 spiro atoms. The number of aryl methyl sites for hydroxylation is 1. The number of rotatable bonds is 9. The molecule has 2 aromatic rings. The highest BCUT2D eigenvalue weighted by Crippen LogP contribution is 2.32. The highest BCUT2D eigenvalue weighted by molar-refractivity contribution is 6.12. The Morgan fingerprint density at radius 2 is 1.53 bits per heavy atom. The van der Waals surface area contributed by atoms with Crippen LogP contribution in [0.4, 0.5) is 4.79 Å². The molecule has 7 heteroatoms. The summed E-state index contributed by atoms with van der Waals surface area (Å²) < 4.78 is 0. The zero-order chi connectivity index (χ0) is 21.3. The first kappa shape index (κ1) is 21.1. The van der Waals surface area contributed by atoms with Crippen molar-refractivity contribution in [3.8, 4) is 0 Å². The molecule has 0 unspecified atom stereocenters. The smallest absolute Gasteiger partial charge is 0.329 e. The minimum absolute atomic E-state index is 0.0372. The summed E-state index contributed by atoms with van der Waals surface area (Å²) in [5.74, 6) is -0.205. The van der Waals surface area contributed by atoms with Crippen LogP contribution in [0.2, 0.25) is 0 Å². The van der Waals surface area contributed by atoms with Gasteiger partial charge in [0.05, 0.1) is 0 Å². The molecule has 0 fully saturated rings. The van der Waals surface area contributed by atoms with Crippen LogP contribution in [0.1, 0.15) is 30.4 Å². The molecular formula is C23H27N5O2. The molecule has 3 rings (SSSR count). The number of urea groups is 1. The van der Waals surface area contributed by atoms with Crippen molar-refractivity contribution in [3.05, 3.63) is 83.1 Å². The van der Waals surface area contributed by atoms with Crippen LogP contribution in [-0.2, 0) is 17.8 Å². The summed E-state index contributed by atoms with van der Waals surface area (Å²) in [6, 6.07) is 19.2. The molecule has 0 saturated carbocycles. The van der Waals surface area contributed by atoms with Crippen LogP contribution >= 0.6 is 0 Å². The lowest BCUT2D eigenvalue weighted by Crippen LogP contribution is -2.50. The van der Waals surface area contributed by atoms with Gasteiger partial charge in [-0.15, -0.1) is 0 Å². The lowest BCUT2D eigenvalue weighted by atomic mass is 9.93. The second-order valence-corrected chi connectivity index (χ2v) is 7.11. The van der Waals surface area contributed by atoms with E-state index < -0.39 is 0 Å². The van der Waals surface area contributed by atoms with Crippen molar-refractivity contribution >= 4 is 17.9 Å². The van der Waals surface area contributed by atoms with Crippen molar-refractivity contribution in [2.24, 2.45) is 16.5 Å². The molecule has 3 amide bonds. The molecule has 1 heterocycles. The third-order valence-electron chi connectivity index (χ3n) is 4.94. The highest BCUT2D eigenvalue weighted by Gasteiger charge is 2.39. The monoisotopic (exact) mass is 405 g/mol. The van der Waals surface area contributed by atoms with Crippen LogP contribution in [0.25, 0.3) is 0 Å². The lowest BCUT2D eigenvalue weighted by molar-refractivity contribution is -0.126. The van der Waals surface area contributed by atoms with Gasteiger partial charge < -0.3 is 16.8 Å². The van der Waals surface area contributed by atoms with E-state index in [1.54, 1.807) is 0 Å². The number of carbonyl (C=O) groups excluding carboxylic acids is 2. The normalized spacial score (nSPS) is 13.1. The fourth-order valence-corrected chi connectivity index (χ4v) is 3.42. The maximum atomic E-state index is 12.7. The van der Waals surface area contributed by atoms with E-state index in [0.29, 0.717) is 37.9 Å². The molecular weight excluding hydrogens is 378 g/mol. The van der Waals surface area contributed by atoms with Crippen LogP contribution in [0.15, 0.2) is 76.9 Å². The Kier molecular flexibility index (Phi) is 7.21. The average Bonchev–Trinajstić information content (AvgIpc) is 2.76. The molecule has 1 aliphatic heterocycles. The van der Waals surface area contributed by atoms with Gasteiger partial charge in [0.15, 0.2) is 5.96 Å². The van der Waals surface area contributed by atoms with Gasteiger partial charge in [-0.3, -0.25) is 9.79 Å². The van der Waals surface area contributed by atoms with Gasteiger partial charge in [-0.1, -0.05) is 60.7 Å². The summed E-state index contributed by atoms with van der Waals surface area (Å²) >= 11 is 0. The summed E-state index contributed by atoms with van der Waals surface area (Å²) in [6.07, 6.45) is 2.56. The first-order valence-corrected chi connectivity index (χ1v) is 10.0. The number of nitrogens with one attached hydrogen (secondary N) is 1. The SMILES string of the molecule is NC(N)=NCCCC1=C(CCc2ccccc2)N(C(=O)NCc2ccccc2)C1=O. The van der Waals surface area contributed by atoms with Crippen LogP contribution in [0.3, 0.4) is 0 Å². The number of nitrogens with two attached hydrogens (primary N) is 2. The summed E-state index contributed by atoms with van der Waals surface area (Å²) in [4.78, 5) is 30.6. The molecule has 156 valence electrons. The summed E-state index contributed by atoms with van der Waals surface area (Å²) in [6.45, 7) is 0.820. The van der Waals surface area contributed by atoms with Crippen LogP contribution in [0, 0.1) is 0 Å². The van der Waals surface area contributed by atoms with Crippen molar-refractivity contribution in [2.75, 3.05) is 6.54 Å². The first-order chi connectivity index (χ1) is 14.6. The summed E-state index contributed by atoms with van der Waals surface area (Å²) in [7, 11) is 0. The number of amides is 3. The lowest BCUT2D eigenvalue weighted by Gasteiger charge is -2.35. The van der Waals surface area contributed by atoms with Crippen molar-refractivity contribution in [2.45, 2.75) is 32.2 Å². The molecule has 0 radical (unpaired) electrons. The van der Waals surface area contributed by atoms with E-state index in [0.717, 1.165) is 23.2 Å². The minimum atomic E-state index is -0.389. The Morgan fingerprint density at radius 1 is 0.900 bits per heavy atom. The number of allylic oxidation sites excluding steroid dienone is 1. The highest BCUT2D eigenvalue weighted by atomic mass is 16.2. The van der Waals surface area contributed by atoms with Crippen molar-refractivity contribution < 1.29 is 9.59 Å². The van der Waals surface area contributed by atoms with Gasteiger partial charge in [-0.05, 0) is 36.8 Å². The van der Waals surface area contributed by atoms with E-state index in [-0.39, 0.29) is 17.9 Å². The van der Waals surface area contributed by atoms with Crippen molar-refractivity contribution in [3.63, 3.8) is 0 Å². The molecule has 0 bridgehead atoms. The van der Waals surface area contributed by atoms with E-state index in [9.17, 15) is 9.59 Å². The van der Waals surface area contributed by atoms with E-state index in [2.05, 4.69) is 10.3 Å². The Bertz CT molecular complexity index is 935. The van der Waals surface area contributed by atoms with Gasteiger partial charge in [-0.2, -0.15) is 0 Å². The molecule has 5 N–H and O–H groups in total. The van der Waals surface area contributed by atoms with Gasteiger partial charge in [0, 0.05) is 24.4 Å². The maximum absolute atomic E-state index is 12.7. The van der Waals surface area contributed by atoms with Crippen LogP contribution in [-0.4, -0.2) is 29.3 Å². The molecule has 0 saturated heterocycles. The number of guanidine groups is 1.